The molecule has 70 valence electrons. The van der Waals surface area contributed by atoms with Crippen molar-refractivity contribution in [1.82, 2.24) is 4.98 Å². The van der Waals surface area contributed by atoms with Gasteiger partial charge >= 0.3 is 0 Å². The molecule has 0 unspecified atom stereocenters. The van der Waals surface area contributed by atoms with E-state index in [1.165, 1.54) is 12.7 Å². The fourth-order valence-electron chi connectivity index (χ4n) is 1.25. The zero-order valence-corrected chi connectivity index (χ0v) is 7.64. The van der Waals surface area contributed by atoms with Gasteiger partial charge in [0.15, 0.2) is 6.39 Å². The van der Waals surface area contributed by atoms with Crippen molar-refractivity contribution in [2.75, 3.05) is 0 Å². The summed E-state index contributed by atoms with van der Waals surface area (Å²) in [6.45, 7) is 0. The van der Waals surface area contributed by atoms with E-state index in [1.807, 2.05) is 12.1 Å². The molecule has 0 bridgehead atoms. The predicted molar refractivity (Wildman–Crippen MR) is 51.4 cm³/mol. The summed E-state index contributed by atoms with van der Waals surface area (Å²) in [5.74, 6) is 0. The van der Waals surface area contributed by atoms with Crippen LogP contribution in [0.2, 0.25) is 0 Å². The van der Waals surface area contributed by atoms with Crippen molar-refractivity contribution in [2.45, 2.75) is 0 Å². The van der Waals surface area contributed by atoms with Gasteiger partial charge in [0.2, 0.25) is 0 Å². The van der Waals surface area contributed by atoms with E-state index in [1.54, 1.807) is 18.2 Å². The van der Waals surface area contributed by atoms with Crippen LogP contribution in [0, 0.1) is 22.7 Å². The Morgan fingerprint density at radius 2 is 1.93 bits per heavy atom. The van der Waals surface area contributed by atoms with Gasteiger partial charge in [0.25, 0.3) is 0 Å². The first-order valence-corrected chi connectivity index (χ1v) is 4.18. The molecule has 0 aliphatic rings. The minimum absolute atomic E-state index is 0.345. The third-order valence-corrected chi connectivity index (χ3v) is 1.99. The number of oxazole rings is 1. The van der Waals surface area contributed by atoms with E-state index in [4.69, 9.17) is 14.9 Å². The minimum Gasteiger partial charge on any atom is -0.451 e. The predicted octanol–water partition coefficient (Wildman–Crippen LogP) is 2.08. The van der Waals surface area contributed by atoms with Gasteiger partial charge in [-0.1, -0.05) is 6.07 Å². The van der Waals surface area contributed by atoms with Gasteiger partial charge in [0, 0.05) is 5.56 Å². The fraction of sp³-hybridized carbons (Fsp3) is 0. The van der Waals surface area contributed by atoms with Gasteiger partial charge in [-0.2, -0.15) is 10.5 Å². The summed E-state index contributed by atoms with van der Waals surface area (Å²) in [5.41, 5.74) is 2.12. The first-order chi connectivity index (χ1) is 7.35. The van der Waals surface area contributed by atoms with E-state index in [0.29, 0.717) is 16.8 Å². The summed E-state index contributed by atoms with van der Waals surface area (Å²) >= 11 is 0. The molecule has 0 aliphatic heterocycles. The molecule has 1 aromatic carbocycles. The molecule has 1 aromatic heterocycles. The molecule has 2 rings (SSSR count). The number of nitriles is 2. The topological polar surface area (TPSA) is 73.6 Å². The quantitative estimate of drug-likeness (QED) is 0.698. The zero-order chi connectivity index (χ0) is 10.7. The van der Waals surface area contributed by atoms with E-state index in [2.05, 4.69) is 4.98 Å². The highest BCUT2D eigenvalue weighted by atomic mass is 16.3. The average Bonchev–Trinajstić information content (AvgIpc) is 2.81. The molecule has 0 spiro atoms. The maximum atomic E-state index is 8.83. The number of hydrogen-bond donors (Lipinski definition) is 0. The molecule has 2 aromatic rings. The van der Waals surface area contributed by atoms with E-state index < -0.39 is 0 Å². The molecule has 0 saturated carbocycles. The number of hydrogen-bond acceptors (Lipinski definition) is 4. The van der Waals surface area contributed by atoms with Gasteiger partial charge in [0.1, 0.15) is 24.1 Å². The lowest BCUT2D eigenvalue weighted by molar-refractivity contribution is 0.558. The minimum atomic E-state index is 0.345. The van der Waals surface area contributed by atoms with E-state index in [9.17, 15) is 0 Å². The molecule has 4 nitrogen and oxygen atoms in total. The van der Waals surface area contributed by atoms with Crippen molar-refractivity contribution in [3.63, 3.8) is 0 Å². The lowest BCUT2D eigenvalue weighted by atomic mass is 10.0. The Morgan fingerprint density at radius 3 is 2.53 bits per heavy atom. The van der Waals surface area contributed by atoms with Crippen molar-refractivity contribution in [2.24, 2.45) is 0 Å². The Hall–Kier alpha value is -2.59. The van der Waals surface area contributed by atoms with Crippen LogP contribution in [-0.2, 0) is 0 Å². The monoisotopic (exact) mass is 195 g/mol. The van der Waals surface area contributed by atoms with Crippen LogP contribution in [0.15, 0.2) is 35.3 Å². The van der Waals surface area contributed by atoms with Gasteiger partial charge in [-0.15, -0.1) is 0 Å². The number of aromatic nitrogens is 1. The Labute approximate surface area is 86.0 Å². The molecule has 4 heteroatoms. The Morgan fingerprint density at radius 1 is 1.13 bits per heavy atom. The smallest absolute Gasteiger partial charge is 0.181 e. The largest absolute Gasteiger partial charge is 0.451 e. The van der Waals surface area contributed by atoms with Crippen LogP contribution in [0.3, 0.4) is 0 Å². The Balaban J connectivity index is 2.56. The van der Waals surface area contributed by atoms with Gasteiger partial charge in [-0.25, -0.2) is 4.98 Å². The molecule has 0 aliphatic carbocycles. The number of rotatable bonds is 1. The third-order valence-electron chi connectivity index (χ3n) is 1.99. The van der Waals surface area contributed by atoms with Crippen LogP contribution in [0.1, 0.15) is 11.1 Å². The van der Waals surface area contributed by atoms with Crippen LogP contribution < -0.4 is 0 Å². The summed E-state index contributed by atoms with van der Waals surface area (Å²) in [4.78, 5) is 3.96. The first-order valence-electron chi connectivity index (χ1n) is 4.18. The normalized spacial score (nSPS) is 9.20. The molecule has 1 heterocycles. The van der Waals surface area contributed by atoms with Crippen molar-refractivity contribution >= 4 is 0 Å². The molecule has 0 N–H and O–H groups in total. The van der Waals surface area contributed by atoms with Gasteiger partial charge in [-0.05, 0) is 12.1 Å². The van der Waals surface area contributed by atoms with Gasteiger partial charge in [-0.3, -0.25) is 0 Å². The summed E-state index contributed by atoms with van der Waals surface area (Å²) in [5, 5.41) is 17.6. The molecule has 0 amide bonds. The SMILES string of the molecule is N#Cc1ccc(-c2cocn2)cc1C#N. The number of nitrogens with zero attached hydrogens (tertiary/aromatic N) is 3. The summed E-state index contributed by atoms with van der Waals surface area (Å²) < 4.78 is 4.84. The van der Waals surface area contributed by atoms with E-state index >= 15 is 0 Å². The van der Waals surface area contributed by atoms with Crippen molar-refractivity contribution in [3.8, 4) is 23.4 Å². The summed E-state index contributed by atoms with van der Waals surface area (Å²) in [7, 11) is 0. The molecule has 0 saturated heterocycles. The highest BCUT2D eigenvalue weighted by Crippen LogP contribution is 2.20. The molecule has 0 atom stereocenters. The van der Waals surface area contributed by atoms with Crippen LogP contribution in [-0.4, -0.2) is 4.98 Å². The van der Waals surface area contributed by atoms with Crippen LogP contribution in [0.25, 0.3) is 11.3 Å². The van der Waals surface area contributed by atoms with E-state index in [0.717, 1.165) is 5.56 Å². The molecular weight excluding hydrogens is 190 g/mol. The van der Waals surface area contributed by atoms with Crippen molar-refractivity contribution in [1.29, 1.82) is 10.5 Å². The van der Waals surface area contributed by atoms with Crippen molar-refractivity contribution in [3.05, 3.63) is 42.0 Å². The van der Waals surface area contributed by atoms with Crippen molar-refractivity contribution < 1.29 is 4.42 Å². The summed E-state index contributed by atoms with van der Waals surface area (Å²) in [6.07, 6.45) is 2.81. The highest BCUT2D eigenvalue weighted by Gasteiger charge is 2.05. The Kier molecular flexibility index (Phi) is 2.19. The molecule has 15 heavy (non-hydrogen) atoms. The summed E-state index contributed by atoms with van der Waals surface area (Å²) in [6, 6.07) is 8.88. The van der Waals surface area contributed by atoms with E-state index in [-0.39, 0.29) is 0 Å². The third kappa shape index (κ3) is 1.56. The van der Waals surface area contributed by atoms with Gasteiger partial charge in [0.05, 0.1) is 11.1 Å². The number of benzene rings is 1. The maximum Gasteiger partial charge on any atom is 0.181 e. The first kappa shape index (κ1) is 8.98. The molecular formula is C11H5N3O. The fourth-order valence-corrected chi connectivity index (χ4v) is 1.25. The van der Waals surface area contributed by atoms with Crippen LogP contribution in [0.4, 0.5) is 0 Å². The second-order valence-electron chi connectivity index (χ2n) is 2.86. The van der Waals surface area contributed by atoms with Crippen LogP contribution in [0.5, 0.6) is 0 Å². The second kappa shape index (κ2) is 3.65. The van der Waals surface area contributed by atoms with Crippen LogP contribution >= 0.6 is 0 Å². The lowest BCUT2D eigenvalue weighted by Gasteiger charge is -1.97. The zero-order valence-electron chi connectivity index (χ0n) is 7.64. The molecule has 0 fully saturated rings. The average molecular weight is 195 g/mol. The second-order valence-corrected chi connectivity index (χ2v) is 2.86. The highest BCUT2D eigenvalue weighted by molar-refractivity contribution is 5.63. The molecule has 0 radical (unpaired) electrons. The Bertz CT molecular complexity index is 559. The lowest BCUT2D eigenvalue weighted by Crippen LogP contribution is -1.85. The maximum absolute atomic E-state index is 8.83. The standard InChI is InChI=1S/C11H5N3O/c12-4-9-2-1-8(3-10(9)5-13)11-6-15-7-14-11/h1-3,6-7H. The van der Waals surface area contributed by atoms with Gasteiger partial charge < -0.3 is 4.42 Å².